The number of aromatic hydroxyl groups is 1. The predicted molar refractivity (Wildman–Crippen MR) is 220 cm³/mol. The molecule has 4 aromatic rings. The van der Waals surface area contributed by atoms with Crippen molar-refractivity contribution in [3.8, 4) is 28.4 Å². The highest BCUT2D eigenvalue weighted by atomic mass is 32.2. The summed E-state index contributed by atoms with van der Waals surface area (Å²) in [6.07, 6.45) is 4.53. The molecule has 0 aliphatic heterocycles. The molecular formula is C44H53F3N4O6S. The van der Waals surface area contributed by atoms with Crippen LogP contribution in [0.2, 0.25) is 0 Å². The maximum absolute atomic E-state index is 13.6. The Morgan fingerprint density at radius 1 is 1.07 bits per heavy atom. The fourth-order valence-electron chi connectivity index (χ4n) is 6.44. The van der Waals surface area contributed by atoms with E-state index < -0.39 is 35.0 Å². The molecule has 1 heterocycles. The standard InChI is InChI=1S/C41H47F3N4O6S.C3H6/c1-5-6-7-11-29-24-35(49)38(31-12-8-10-28(3)23-31)36(25-29)54-40(51)47(4)21-9-22-53-39(50)46-55(52)33-19-17-32(18-20-33)48-34(26-37(45-48)41(42,43)44)30-15-13-27(2)14-16-30;1-3-2/h13-20,23-26,31,49H,5-12,21-22H2,1-4H3,(H,46,50);3H,1H2,2H3/t31-,55?;/m0./s1. The molecule has 1 unspecified atom stereocenters. The second-order valence-electron chi connectivity index (χ2n) is 14.2. The highest BCUT2D eigenvalue weighted by molar-refractivity contribution is 7.83. The van der Waals surface area contributed by atoms with Crippen molar-refractivity contribution in [3.63, 3.8) is 0 Å². The normalized spacial score (nSPS) is 14.3. The van der Waals surface area contributed by atoms with Crippen LogP contribution in [0.4, 0.5) is 22.8 Å². The van der Waals surface area contributed by atoms with Crippen molar-refractivity contribution in [2.75, 3.05) is 20.2 Å². The van der Waals surface area contributed by atoms with Crippen LogP contribution in [0, 0.1) is 6.92 Å². The van der Waals surface area contributed by atoms with E-state index in [9.17, 15) is 32.1 Å². The third-order valence-corrected chi connectivity index (χ3v) is 10.4. The number of aryl methyl sites for hydroxylation is 2. The molecule has 2 atom stereocenters. The molecule has 0 radical (unpaired) electrons. The molecule has 2 N–H and O–H groups in total. The number of allylic oxidation sites excluding steroid dienone is 3. The Hall–Kier alpha value is -5.37. The Morgan fingerprint density at radius 2 is 1.76 bits per heavy atom. The highest BCUT2D eigenvalue weighted by Gasteiger charge is 2.35. The largest absolute Gasteiger partial charge is 0.507 e. The van der Waals surface area contributed by atoms with Crippen LogP contribution in [0.15, 0.2) is 95.9 Å². The van der Waals surface area contributed by atoms with E-state index in [2.05, 4.69) is 36.3 Å². The van der Waals surface area contributed by atoms with Gasteiger partial charge in [-0.3, -0.25) is 0 Å². The number of benzene rings is 3. The number of carbonyl (C=O) groups is 2. The summed E-state index contributed by atoms with van der Waals surface area (Å²) in [5.74, 6) is 0.391. The van der Waals surface area contributed by atoms with Gasteiger partial charge in [0.05, 0.1) is 22.9 Å². The van der Waals surface area contributed by atoms with E-state index >= 15 is 0 Å². The van der Waals surface area contributed by atoms with E-state index in [0.29, 0.717) is 22.6 Å². The molecule has 1 aromatic heterocycles. The van der Waals surface area contributed by atoms with Gasteiger partial charge in [-0.05, 0) is 107 Å². The molecule has 3 aromatic carbocycles. The number of alkyl halides is 3. The fraction of sp³-hybridized carbons (Fsp3) is 0.386. The number of rotatable bonds is 14. The van der Waals surface area contributed by atoms with Crippen LogP contribution < -0.4 is 9.46 Å². The van der Waals surface area contributed by atoms with Crippen molar-refractivity contribution in [1.29, 1.82) is 0 Å². The summed E-state index contributed by atoms with van der Waals surface area (Å²) < 4.78 is 68.1. The minimum atomic E-state index is -4.66. The number of carbonyl (C=O) groups excluding carboxylic acids is 2. The minimum Gasteiger partial charge on any atom is -0.507 e. The number of hydrogen-bond donors (Lipinski definition) is 2. The second kappa shape index (κ2) is 21.4. The maximum Gasteiger partial charge on any atom is 0.435 e. The van der Waals surface area contributed by atoms with Crippen molar-refractivity contribution in [2.24, 2.45) is 0 Å². The number of ether oxygens (including phenoxy) is 2. The van der Waals surface area contributed by atoms with E-state index in [1.54, 1.807) is 43.5 Å². The molecule has 1 aliphatic rings. The minimum absolute atomic E-state index is 0.0678. The summed E-state index contributed by atoms with van der Waals surface area (Å²) in [4.78, 5) is 27.2. The van der Waals surface area contributed by atoms with Gasteiger partial charge in [-0.25, -0.2) is 23.2 Å². The van der Waals surface area contributed by atoms with E-state index in [4.69, 9.17) is 9.47 Å². The van der Waals surface area contributed by atoms with E-state index in [1.165, 1.54) is 34.7 Å². The number of nitrogens with zero attached hydrogens (tertiary/aromatic N) is 3. The van der Waals surface area contributed by atoms with E-state index in [0.717, 1.165) is 66.8 Å². The molecule has 1 aliphatic carbocycles. The Morgan fingerprint density at radius 3 is 2.40 bits per heavy atom. The topological polar surface area (TPSA) is 123 Å². The third-order valence-electron chi connectivity index (χ3n) is 9.39. The van der Waals surface area contributed by atoms with Gasteiger partial charge in [-0.1, -0.05) is 67.3 Å². The summed E-state index contributed by atoms with van der Waals surface area (Å²) in [6.45, 7) is 11.4. The van der Waals surface area contributed by atoms with Gasteiger partial charge in [0.1, 0.15) is 11.5 Å². The van der Waals surface area contributed by atoms with Crippen molar-refractivity contribution in [1.82, 2.24) is 19.4 Å². The number of unbranched alkanes of at least 4 members (excludes halogenated alkanes) is 2. The molecular weight excluding hydrogens is 770 g/mol. The monoisotopic (exact) mass is 822 g/mol. The summed E-state index contributed by atoms with van der Waals surface area (Å²) in [5, 5.41) is 14.9. The number of amides is 2. The van der Waals surface area contributed by atoms with Crippen LogP contribution >= 0.6 is 0 Å². The van der Waals surface area contributed by atoms with Crippen molar-refractivity contribution < 1.29 is 41.5 Å². The van der Waals surface area contributed by atoms with Crippen molar-refractivity contribution in [2.45, 2.75) is 96.1 Å². The summed E-state index contributed by atoms with van der Waals surface area (Å²) in [7, 11) is -0.470. The highest BCUT2D eigenvalue weighted by Crippen LogP contribution is 2.42. The lowest BCUT2D eigenvalue weighted by atomic mass is 9.84. The van der Waals surface area contributed by atoms with Crippen LogP contribution in [0.5, 0.6) is 11.5 Å². The molecule has 5 rings (SSSR count). The number of aromatic nitrogens is 2. The van der Waals surface area contributed by atoms with Gasteiger partial charge in [-0.2, -0.15) is 18.3 Å². The summed E-state index contributed by atoms with van der Waals surface area (Å²) in [6, 6.07) is 17.3. The Balaban J connectivity index is 0.00000240. The fourth-order valence-corrected chi connectivity index (χ4v) is 7.15. The summed E-state index contributed by atoms with van der Waals surface area (Å²) in [5.41, 5.74) is 3.68. The number of hydrogen-bond acceptors (Lipinski definition) is 7. The Bertz CT molecular complexity index is 2060. The molecule has 10 nitrogen and oxygen atoms in total. The number of nitrogens with one attached hydrogen (secondary N) is 1. The number of halogens is 3. The quantitative estimate of drug-likeness (QED) is 0.0959. The molecule has 2 amide bonds. The molecule has 58 heavy (non-hydrogen) atoms. The van der Waals surface area contributed by atoms with Crippen LogP contribution in [0.1, 0.15) is 94.0 Å². The molecule has 14 heteroatoms. The Labute approximate surface area is 341 Å². The first-order chi connectivity index (χ1) is 27.6. The van der Waals surface area contributed by atoms with Crippen LogP contribution in [-0.2, 0) is 28.3 Å². The zero-order valence-electron chi connectivity index (χ0n) is 33.7. The van der Waals surface area contributed by atoms with Gasteiger partial charge in [0, 0.05) is 30.6 Å². The van der Waals surface area contributed by atoms with Crippen LogP contribution in [0.25, 0.3) is 16.9 Å². The summed E-state index contributed by atoms with van der Waals surface area (Å²) >= 11 is 0. The lowest BCUT2D eigenvalue weighted by Crippen LogP contribution is -2.32. The van der Waals surface area contributed by atoms with E-state index in [1.807, 2.05) is 19.9 Å². The van der Waals surface area contributed by atoms with Crippen molar-refractivity contribution in [3.05, 3.63) is 113 Å². The molecule has 0 bridgehead atoms. The Kier molecular flexibility index (Phi) is 16.7. The van der Waals surface area contributed by atoms with Gasteiger partial charge in [0.15, 0.2) is 16.7 Å². The van der Waals surface area contributed by atoms with Crippen LogP contribution in [0.3, 0.4) is 0 Å². The third kappa shape index (κ3) is 12.8. The first kappa shape index (κ1) is 45.3. The second-order valence-corrected chi connectivity index (χ2v) is 15.5. The molecule has 0 saturated carbocycles. The average molecular weight is 823 g/mol. The first-order valence-electron chi connectivity index (χ1n) is 19.4. The molecule has 0 spiro atoms. The molecule has 312 valence electrons. The first-order valence-corrected chi connectivity index (χ1v) is 20.5. The average Bonchev–Trinajstić information content (AvgIpc) is 3.64. The van der Waals surface area contributed by atoms with Crippen LogP contribution in [-0.4, -0.2) is 56.4 Å². The van der Waals surface area contributed by atoms with Gasteiger partial charge in [0.2, 0.25) is 0 Å². The van der Waals surface area contributed by atoms with Gasteiger partial charge >= 0.3 is 18.4 Å². The van der Waals surface area contributed by atoms with Gasteiger partial charge in [0.25, 0.3) is 0 Å². The number of phenols is 1. The lowest BCUT2D eigenvalue weighted by molar-refractivity contribution is -0.141. The zero-order valence-corrected chi connectivity index (χ0v) is 34.5. The van der Waals surface area contributed by atoms with Gasteiger partial charge < -0.3 is 19.5 Å². The molecule has 0 fully saturated rings. The maximum atomic E-state index is 13.6. The zero-order chi connectivity index (χ0) is 42.4. The smallest absolute Gasteiger partial charge is 0.435 e. The lowest BCUT2D eigenvalue weighted by Gasteiger charge is -2.25. The predicted octanol–water partition coefficient (Wildman–Crippen LogP) is 11.0. The SMILES string of the molecule is C=CC.CCCCCc1cc(O)c([C@@H]2C=C(C)CCC2)c(OC(=O)N(C)CCCOC(=O)NS(=O)c2ccc(-n3nc(C(F)(F)F)cc3-c3ccc(C)cc3)cc2)c1. The molecule has 0 saturated heterocycles. The van der Waals surface area contributed by atoms with Crippen molar-refractivity contribution >= 4 is 23.2 Å². The number of phenolic OH excluding ortho intramolecular Hbond substituents is 1. The van der Waals surface area contributed by atoms with Gasteiger partial charge in [-0.15, -0.1) is 6.58 Å². The van der Waals surface area contributed by atoms with E-state index in [-0.39, 0.29) is 41.8 Å².